The van der Waals surface area contributed by atoms with Crippen molar-refractivity contribution in [1.29, 1.82) is 0 Å². The molecular formula is C22H23N3OS. The summed E-state index contributed by atoms with van der Waals surface area (Å²) in [5.74, 6) is 1.11. The average Bonchev–Trinajstić information content (AvgIpc) is 3.10. The summed E-state index contributed by atoms with van der Waals surface area (Å²) >= 11 is 1.96. The summed E-state index contributed by atoms with van der Waals surface area (Å²) in [4.78, 5) is 19.0. The molecule has 3 aromatic rings. The molecule has 4 nitrogen and oxygen atoms in total. The van der Waals surface area contributed by atoms with Gasteiger partial charge in [0.05, 0.1) is 6.33 Å². The maximum Gasteiger partial charge on any atom is 0.253 e. The molecule has 2 aromatic carbocycles. The Morgan fingerprint density at radius 3 is 2.63 bits per heavy atom. The van der Waals surface area contributed by atoms with E-state index in [1.165, 1.54) is 11.1 Å². The lowest BCUT2D eigenvalue weighted by atomic mass is 10.1. The monoisotopic (exact) mass is 377 g/mol. The van der Waals surface area contributed by atoms with Gasteiger partial charge in [-0.1, -0.05) is 42.5 Å². The van der Waals surface area contributed by atoms with Gasteiger partial charge in [0.15, 0.2) is 0 Å². The molecule has 138 valence electrons. The number of carbonyl (C=O) groups excluding carboxylic acids is 1. The van der Waals surface area contributed by atoms with Gasteiger partial charge in [0.25, 0.3) is 5.91 Å². The SMILES string of the molecule is O=C(c1ccc(Cn2ccnc2)cc1)N1CCSC(c2ccccc2)CC1. The van der Waals surface area contributed by atoms with Gasteiger partial charge in [-0.05, 0) is 29.7 Å². The third-order valence-corrected chi connectivity index (χ3v) is 6.25. The molecule has 27 heavy (non-hydrogen) atoms. The van der Waals surface area contributed by atoms with Gasteiger partial charge in [-0.3, -0.25) is 4.79 Å². The minimum Gasteiger partial charge on any atom is -0.338 e. The molecule has 1 aliphatic rings. The Kier molecular flexibility index (Phi) is 5.58. The molecule has 0 N–H and O–H groups in total. The Bertz CT molecular complexity index is 862. The van der Waals surface area contributed by atoms with Gasteiger partial charge in [0.1, 0.15) is 0 Å². The maximum absolute atomic E-state index is 12.9. The lowest BCUT2D eigenvalue weighted by molar-refractivity contribution is 0.0766. The number of carbonyl (C=O) groups is 1. The van der Waals surface area contributed by atoms with E-state index in [1.807, 2.05) is 51.7 Å². The number of aromatic nitrogens is 2. The highest BCUT2D eigenvalue weighted by atomic mass is 32.2. The maximum atomic E-state index is 12.9. The quantitative estimate of drug-likeness (QED) is 0.682. The fourth-order valence-corrected chi connectivity index (χ4v) is 4.67. The van der Waals surface area contributed by atoms with Crippen molar-refractivity contribution < 1.29 is 4.79 Å². The van der Waals surface area contributed by atoms with Gasteiger partial charge in [0, 0.05) is 48.6 Å². The standard InChI is InChI=1S/C22H23N3OS/c26-22(20-8-6-18(7-9-20)16-24-13-11-23-17-24)25-12-10-21(27-15-14-25)19-4-2-1-3-5-19/h1-9,11,13,17,21H,10,12,14-16H2. The van der Waals surface area contributed by atoms with E-state index in [0.29, 0.717) is 5.25 Å². The van der Waals surface area contributed by atoms with E-state index in [1.54, 1.807) is 12.5 Å². The Hall–Kier alpha value is -2.53. The minimum absolute atomic E-state index is 0.137. The second-order valence-electron chi connectivity index (χ2n) is 6.78. The van der Waals surface area contributed by atoms with Crippen LogP contribution in [0, 0.1) is 0 Å². The van der Waals surface area contributed by atoms with Gasteiger partial charge in [-0.15, -0.1) is 0 Å². The summed E-state index contributed by atoms with van der Waals surface area (Å²) in [6.07, 6.45) is 6.52. The topological polar surface area (TPSA) is 38.1 Å². The summed E-state index contributed by atoms with van der Waals surface area (Å²) in [5, 5.41) is 0.474. The lowest BCUT2D eigenvalue weighted by Gasteiger charge is -2.20. The van der Waals surface area contributed by atoms with E-state index >= 15 is 0 Å². The number of amides is 1. The summed E-state index contributed by atoms with van der Waals surface area (Å²) < 4.78 is 2.02. The first-order chi connectivity index (χ1) is 13.3. The largest absolute Gasteiger partial charge is 0.338 e. The zero-order valence-corrected chi connectivity index (χ0v) is 16.0. The third-order valence-electron chi connectivity index (χ3n) is 4.93. The number of nitrogens with zero attached hydrogens (tertiary/aromatic N) is 3. The van der Waals surface area contributed by atoms with Gasteiger partial charge in [0.2, 0.25) is 0 Å². The van der Waals surface area contributed by atoms with Gasteiger partial charge in [-0.25, -0.2) is 4.98 Å². The van der Waals surface area contributed by atoms with E-state index in [4.69, 9.17) is 0 Å². The summed E-state index contributed by atoms with van der Waals surface area (Å²) in [6.45, 7) is 2.39. The van der Waals surface area contributed by atoms with Crippen molar-refractivity contribution in [2.24, 2.45) is 0 Å². The normalized spacial score (nSPS) is 17.5. The van der Waals surface area contributed by atoms with Crippen LogP contribution in [0.3, 0.4) is 0 Å². The van der Waals surface area contributed by atoms with Crippen molar-refractivity contribution >= 4 is 17.7 Å². The number of hydrogen-bond donors (Lipinski definition) is 0. The molecule has 0 radical (unpaired) electrons. The Morgan fingerprint density at radius 1 is 1.07 bits per heavy atom. The van der Waals surface area contributed by atoms with Crippen molar-refractivity contribution in [2.45, 2.75) is 18.2 Å². The third kappa shape index (κ3) is 4.42. The molecule has 2 heterocycles. The molecule has 1 aromatic heterocycles. The molecule has 0 saturated carbocycles. The molecule has 1 unspecified atom stereocenters. The first-order valence-corrected chi connectivity index (χ1v) is 10.3. The predicted molar refractivity (Wildman–Crippen MR) is 110 cm³/mol. The Balaban J connectivity index is 1.39. The lowest BCUT2D eigenvalue weighted by Crippen LogP contribution is -2.32. The van der Waals surface area contributed by atoms with E-state index in [-0.39, 0.29) is 5.91 Å². The summed E-state index contributed by atoms with van der Waals surface area (Å²) in [7, 11) is 0. The second kappa shape index (κ2) is 8.44. The van der Waals surface area contributed by atoms with Gasteiger partial charge < -0.3 is 9.47 Å². The van der Waals surface area contributed by atoms with E-state index in [9.17, 15) is 4.79 Å². The fourth-order valence-electron chi connectivity index (χ4n) is 3.43. The van der Waals surface area contributed by atoms with Gasteiger partial charge >= 0.3 is 0 Å². The van der Waals surface area contributed by atoms with E-state index < -0.39 is 0 Å². The number of thioether (sulfide) groups is 1. The predicted octanol–water partition coefficient (Wildman–Crippen LogP) is 4.25. The Labute approximate surface area is 164 Å². The summed E-state index contributed by atoms with van der Waals surface area (Å²) in [5.41, 5.74) is 3.30. The molecular weight excluding hydrogens is 354 g/mol. The van der Waals surface area contributed by atoms with Crippen LogP contribution in [0.4, 0.5) is 0 Å². The molecule has 0 aliphatic carbocycles. The highest BCUT2D eigenvalue weighted by Crippen LogP contribution is 2.34. The first-order valence-electron chi connectivity index (χ1n) is 9.30. The summed E-state index contributed by atoms with van der Waals surface area (Å²) in [6, 6.07) is 18.6. The van der Waals surface area contributed by atoms with Crippen molar-refractivity contribution in [3.8, 4) is 0 Å². The zero-order chi connectivity index (χ0) is 18.5. The molecule has 4 rings (SSSR count). The second-order valence-corrected chi connectivity index (χ2v) is 8.09. The first kappa shape index (κ1) is 17.9. The molecule has 1 fully saturated rings. The molecule has 0 spiro atoms. The van der Waals surface area contributed by atoms with Crippen LogP contribution >= 0.6 is 11.8 Å². The van der Waals surface area contributed by atoms with Crippen LogP contribution in [0.25, 0.3) is 0 Å². The number of benzene rings is 2. The molecule has 1 aliphatic heterocycles. The number of rotatable bonds is 4. The zero-order valence-electron chi connectivity index (χ0n) is 15.2. The smallest absolute Gasteiger partial charge is 0.253 e. The molecule has 1 saturated heterocycles. The van der Waals surface area contributed by atoms with Crippen LogP contribution in [0.1, 0.15) is 33.2 Å². The molecule has 5 heteroatoms. The molecule has 1 atom stereocenters. The fraction of sp³-hybridized carbons (Fsp3) is 0.273. The average molecular weight is 378 g/mol. The van der Waals surface area contributed by atoms with Crippen LogP contribution in [0.2, 0.25) is 0 Å². The van der Waals surface area contributed by atoms with Crippen LogP contribution < -0.4 is 0 Å². The molecule has 1 amide bonds. The van der Waals surface area contributed by atoms with Crippen molar-refractivity contribution in [3.05, 3.63) is 90.0 Å². The van der Waals surface area contributed by atoms with Crippen molar-refractivity contribution in [3.63, 3.8) is 0 Å². The highest BCUT2D eigenvalue weighted by molar-refractivity contribution is 7.99. The Morgan fingerprint density at radius 2 is 1.89 bits per heavy atom. The van der Waals surface area contributed by atoms with Crippen molar-refractivity contribution in [2.75, 3.05) is 18.8 Å². The van der Waals surface area contributed by atoms with E-state index in [0.717, 1.165) is 37.4 Å². The van der Waals surface area contributed by atoms with Crippen LogP contribution in [-0.4, -0.2) is 39.2 Å². The minimum atomic E-state index is 0.137. The number of hydrogen-bond acceptors (Lipinski definition) is 3. The van der Waals surface area contributed by atoms with Crippen LogP contribution in [0.5, 0.6) is 0 Å². The number of imidazole rings is 1. The van der Waals surface area contributed by atoms with Crippen molar-refractivity contribution in [1.82, 2.24) is 14.5 Å². The van der Waals surface area contributed by atoms with E-state index in [2.05, 4.69) is 35.3 Å². The van der Waals surface area contributed by atoms with Crippen LogP contribution in [-0.2, 0) is 6.54 Å². The van der Waals surface area contributed by atoms with Crippen LogP contribution in [0.15, 0.2) is 73.3 Å². The van der Waals surface area contributed by atoms with Gasteiger partial charge in [-0.2, -0.15) is 11.8 Å². The molecule has 0 bridgehead atoms. The highest BCUT2D eigenvalue weighted by Gasteiger charge is 2.22.